The summed E-state index contributed by atoms with van der Waals surface area (Å²) in [6.07, 6.45) is 6.99. The quantitative estimate of drug-likeness (QED) is 0.791. The van der Waals surface area contributed by atoms with E-state index in [1.165, 1.54) is 45.2 Å². The lowest BCUT2D eigenvalue weighted by molar-refractivity contribution is 0.0492. The predicted molar refractivity (Wildman–Crippen MR) is 68.1 cm³/mol. The van der Waals surface area contributed by atoms with E-state index < -0.39 is 0 Å². The van der Waals surface area contributed by atoms with E-state index in [0.29, 0.717) is 6.10 Å². The van der Waals surface area contributed by atoms with Gasteiger partial charge in [0.1, 0.15) is 11.9 Å². The number of rotatable bonds is 3. The maximum Gasteiger partial charge on any atom is 0.127 e. The van der Waals surface area contributed by atoms with E-state index in [-0.39, 0.29) is 0 Å². The smallest absolute Gasteiger partial charge is 0.127 e. The zero-order valence-corrected chi connectivity index (χ0v) is 10.3. The van der Waals surface area contributed by atoms with E-state index in [1.54, 1.807) is 0 Å². The highest BCUT2D eigenvalue weighted by Gasteiger charge is 2.29. The number of piperidine rings is 1. The molecule has 1 heterocycles. The molecule has 0 amide bonds. The Bertz CT molecular complexity index is 339. The van der Waals surface area contributed by atoms with Crippen molar-refractivity contribution in [2.75, 3.05) is 13.1 Å². The molecule has 1 saturated carbocycles. The summed E-state index contributed by atoms with van der Waals surface area (Å²) in [4.78, 5) is 2.65. The van der Waals surface area contributed by atoms with Gasteiger partial charge in [-0.25, -0.2) is 0 Å². The number of para-hydroxylation sites is 1. The molecule has 1 aliphatic heterocycles. The number of hydrogen-bond acceptors (Lipinski definition) is 2. The molecule has 0 atom stereocenters. The monoisotopic (exact) mass is 230 g/mol. The summed E-state index contributed by atoms with van der Waals surface area (Å²) in [5, 5.41) is 0. The van der Waals surface area contributed by atoms with Crippen LogP contribution in [-0.4, -0.2) is 30.1 Å². The molecule has 1 aromatic rings. The summed E-state index contributed by atoms with van der Waals surface area (Å²) in [7, 11) is 0. The van der Waals surface area contributed by atoms with Crippen LogP contribution in [-0.2, 0) is 0 Å². The Labute approximate surface area is 104 Å². The Morgan fingerprint density at radius 2 is 1.94 bits per heavy atom. The van der Waals surface area contributed by atoms with Gasteiger partial charge in [0, 0.05) is 25.2 Å². The molecule has 0 spiro atoms. The van der Waals surface area contributed by atoms with Gasteiger partial charge in [-0.15, -0.1) is 0 Å². The molecule has 0 unspecified atom stereocenters. The van der Waals surface area contributed by atoms with Crippen molar-refractivity contribution in [1.82, 2.24) is 4.90 Å². The van der Waals surface area contributed by atoms with Gasteiger partial charge >= 0.3 is 0 Å². The maximum atomic E-state index is 5.95. The standard InChI is InChI=1S/C15H20NO/c1-2-7-14(8-3-1)17-15-9-11-16(12-10-15)13-5-4-6-13/h1-3,7,13,15H,4-6,9-12H2. The molecule has 1 radical (unpaired) electrons. The molecule has 91 valence electrons. The maximum absolute atomic E-state index is 5.95. The van der Waals surface area contributed by atoms with Crippen molar-refractivity contribution in [3.05, 3.63) is 30.3 Å². The first kappa shape index (κ1) is 11.1. The third-order valence-electron chi connectivity index (χ3n) is 4.04. The molecule has 17 heavy (non-hydrogen) atoms. The van der Waals surface area contributed by atoms with Crippen molar-refractivity contribution in [2.45, 2.75) is 44.2 Å². The summed E-state index contributed by atoms with van der Waals surface area (Å²) in [5.41, 5.74) is 0. The molecule has 1 saturated heterocycles. The molecule has 2 nitrogen and oxygen atoms in total. The number of benzene rings is 1. The van der Waals surface area contributed by atoms with Crippen LogP contribution in [0.15, 0.2) is 24.3 Å². The van der Waals surface area contributed by atoms with Gasteiger partial charge in [-0.2, -0.15) is 0 Å². The van der Waals surface area contributed by atoms with Crippen LogP contribution in [0.25, 0.3) is 0 Å². The Morgan fingerprint density at radius 3 is 2.53 bits per heavy atom. The van der Waals surface area contributed by atoms with Gasteiger partial charge in [0.05, 0.1) is 0 Å². The fourth-order valence-electron chi connectivity index (χ4n) is 2.74. The molecular formula is C15H20NO. The molecule has 3 rings (SSSR count). The van der Waals surface area contributed by atoms with Gasteiger partial charge < -0.3 is 9.64 Å². The number of ether oxygens (including phenoxy) is 1. The van der Waals surface area contributed by atoms with Crippen molar-refractivity contribution >= 4 is 0 Å². The molecule has 0 bridgehead atoms. The van der Waals surface area contributed by atoms with Crippen molar-refractivity contribution in [1.29, 1.82) is 0 Å². The Kier molecular flexibility index (Phi) is 3.32. The Hall–Kier alpha value is -1.02. The number of likely N-dealkylation sites (tertiary alicyclic amines) is 1. The first-order valence-corrected chi connectivity index (χ1v) is 6.79. The summed E-state index contributed by atoms with van der Waals surface area (Å²) in [6, 6.07) is 11.9. The minimum Gasteiger partial charge on any atom is -0.490 e. The van der Waals surface area contributed by atoms with Gasteiger partial charge in [-0.1, -0.05) is 24.6 Å². The van der Waals surface area contributed by atoms with Crippen LogP contribution in [0.5, 0.6) is 5.75 Å². The second kappa shape index (κ2) is 5.09. The average molecular weight is 230 g/mol. The van der Waals surface area contributed by atoms with Gasteiger partial charge in [-0.3, -0.25) is 0 Å². The summed E-state index contributed by atoms with van der Waals surface area (Å²) in [5.74, 6) is 0.898. The fourth-order valence-corrected chi connectivity index (χ4v) is 2.74. The SMILES string of the molecule is [c]1ccccc1OC1CCN(C2CCC2)CC1. The average Bonchev–Trinajstić information content (AvgIpc) is 2.31. The lowest BCUT2D eigenvalue weighted by atomic mass is 9.90. The molecule has 2 heteroatoms. The van der Waals surface area contributed by atoms with Gasteiger partial charge in [0.25, 0.3) is 0 Å². The van der Waals surface area contributed by atoms with Gasteiger partial charge in [-0.05, 0) is 31.7 Å². The van der Waals surface area contributed by atoms with Crippen molar-refractivity contribution < 1.29 is 4.74 Å². The minimum atomic E-state index is 0.393. The van der Waals surface area contributed by atoms with E-state index in [4.69, 9.17) is 4.74 Å². The second-order valence-corrected chi connectivity index (χ2v) is 5.16. The summed E-state index contributed by atoms with van der Waals surface area (Å²) < 4.78 is 5.95. The summed E-state index contributed by atoms with van der Waals surface area (Å²) >= 11 is 0. The third-order valence-corrected chi connectivity index (χ3v) is 4.04. The van der Waals surface area contributed by atoms with Crippen LogP contribution >= 0.6 is 0 Å². The lowest BCUT2D eigenvalue weighted by Gasteiger charge is -2.41. The van der Waals surface area contributed by atoms with Crippen LogP contribution in [0.1, 0.15) is 32.1 Å². The molecule has 2 fully saturated rings. The van der Waals surface area contributed by atoms with Crippen molar-refractivity contribution in [3.63, 3.8) is 0 Å². The molecular weight excluding hydrogens is 210 g/mol. The van der Waals surface area contributed by atoms with E-state index in [2.05, 4.69) is 11.0 Å². The topological polar surface area (TPSA) is 12.5 Å². The summed E-state index contributed by atoms with van der Waals surface area (Å²) in [6.45, 7) is 2.42. The highest BCUT2D eigenvalue weighted by molar-refractivity contribution is 5.19. The predicted octanol–water partition coefficient (Wildman–Crippen LogP) is 2.88. The van der Waals surface area contributed by atoms with Gasteiger partial charge in [0.15, 0.2) is 0 Å². The zero-order valence-electron chi connectivity index (χ0n) is 10.3. The number of hydrogen-bond donors (Lipinski definition) is 0. The lowest BCUT2D eigenvalue weighted by Crippen LogP contribution is -2.46. The van der Waals surface area contributed by atoms with E-state index >= 15 is 0 Å². The largest absolute Gasteiger partial charge is 0.490 e. The van der Waals surface area contributed by atoms with Crippen LogP contribution in [0, 0.1) is 6.07 Å². The minimum absolute atomic E-state index is 0.393. The molecule has 1 aliphatic carbocycles. The molecule has 0 N–H and O–H groups in total. The number of nitrogens with zero attached hydrogens (tertiary/aromatic N) is 1. The molecule has 0 aromatic heterocycles. The first-order valence-electron chi connectivity index (χ1n) is 6.79. The molecule has 1 aromatic carbocycles. The van der Waals surface area contributed by atoms with Crippen LogP contribution < -0.4 is 4.74 Å². The highest BCUT2D eigenvalue weighted by atomic mass is 16.5. The van der Waals surface area contributed by atoms with Gasteiger partial charge in [0.2, 0.25) is 0 Å². The van der Waals surface area contributed by atoms with Crippen LogP contribution in [0.4, 0.5) is 0 Å². The van der Waals surface area contributed by atoms with E-state index in [1.807, 2.05) is 24.3 Å². The first-order chi connectivity index (χ1) is 8.42. The van der Waals surface area contributed by atoms with Crippen molar-refractivity contribution in [2.24, 2.45) is 0 Å². The fraction of sp³-hybridized carbons (Fsp3) is 0.600. The second-order valence-electron chi connectivity index (χ2n) is 5.16. The normalized spacial score (nSPS) is 23.3. The third kappa shape index (κ3) is 2.63. The van der Waals surface area contributed by atoms with Crippen LogP contribution in [0.3, 0.4) is 0 Å². The Balaban J connectivity index is 1.48. The van der Waals surface area contributed by atoms with E-state index in [9.17, 15) is 0 Å². The Morgan fingerprint density at radius 1 is 1.12 bits per heavy atom. The zero-order chi connectivity index (χ0) is 11.5. The van der Waals surface area contributed by atoms with Crippen LogP contribution in [0.2, 0.25) is 0 Å². The molecule has 2 aliphatic rings. The van der Waals surface area contributed by atoms with E-state index in [0.717, 1.165) is 11.8 Å². The van der Waals surface area contributed by atoms with Crippen molar-refractivity contribution in [3.8, 4) is 5.75 Å². The highest BCUT2D eigenvalue weighted by Crippen LogP contribution is 2.28.